The molecule has 0 fully saturated rings. The van der Waals surface area contributed by atoms with E-state index in [1.165, 1.54) is 24.0 Å². The fraction of sp³-hybridized carbons (Fsp3) is 0.667. The molecule has 0 spiro atoms. The van der Waals surface area contributed by atoms with Crippen LogP contribution in [0, 0.1) is 11.8 Å². The van der Waals surface area contributed by atoms with Crippen molar-refractivity contribution in [2.24, 2.45) is 11.8 Å². The van der Waals surface area contributed by atoms with E-state index in [0.29, 0.717) is 11.7 Å². The van der Waals surface area contributed by atoms with E-state index in [9.17, 15) is 4.79 Å². The maximum absolute atomic E-state index is 11.7. The van der Waals surface area contributed by atoms with Gasteiger partial charge in [-0.2, -0.15) is 0 Å². The molecular weight excluding hydrogens is 196 g/mol. The second kappa shape index (κ2) is 6.03. The molecule has 1 aliphatic carbocycles. The quantitative estimate of drug-likeness (QED) is 0.690. The molecule has 16 heavy (non-hydrogen) atoms. The van der Waals surface area contributed by atoms with E-state index >= 15 is 0 Å². The monoisotopic (exact) mass is 220 g/mol. The predicted octanol–water partition coefficient (Wildman–Crippen LogP) is 4.29. The van der Waals surface area contributed by atoms with Gasteiger partial charge in [-0.25, -0.2) is 0 Å². The van der Waals surface area contributed by atoms with E-state index in [-0.39, 0.29) is 5.92 Å². The lowest BCUT2D eigenvalue weighted by atomic mass is 9.79. The summed E-state index contributed by atoms with van der Waals surface area (Å²) in [4.78, 5) is 11.7. The Labute approximate surface area is 99.6 Å². The lowest BCUT2D eigenvalue weighted by Crippen LogP contribution is -2.20. The van der Waals surface area contributed by atoms with Gasteiger partial charge in [0.05, 0.1) is 0 Å². The predicted molar refractivity (Wildman–Crippen MR) is 69.3 cm³/mol. The van der Waals surface area contributed by atoms with Crippen molar-refractivity contribution < 1.29 is 4.79 Å². The molecule has 90 valence electrons. The van der Waals surface area contributed by atoms with Gasteiger partial charge in [0, 0.05) is 5.92 Å². The van der Waals surface area contributed by atoms with Gasteiger partial charge in [0.15, 0.2) is 0 Å². The number of carbonyl (C=O) groups is 1. The van der Waals surface area contributed by atoms with Crippen LogP contribution >= 0.6 is 0 Å². The number of hydrogen-bond acceptors (Lipinski definition) is 1. The Morgan fingerprint density at radius 3 is 2.69 bits per heavy atom. The highest BCUT2D eigenvalue weighted by atomic mass is 16.1. The number of hydrogen-bond donors (Lipinski definition) is 0. The van der Waals surface area contributed by atoms with Gasteiger partial charge >= 0.3 is 0 Å². The topological polar surface area (TPSA) is 17.1 Å². The van der Waals surface area contributed by atoms with Gasteiger partial charge < -0.3 is 0 Å². The molecule has 0 amide bonds. The molecule has 0 aliphatic heterocycles. The van der Waals surface area contributed by atoms with Crippen LogP contribution in [-0.4, -0.2) is 5.78 Å². The molecule has 0 N–H and O–H groups in total. The molecule has 0 aromatic carbocycles. The second-order valence-electron chi connectivity index (χ2n) is 5.07. The minimum atomic E-state index is 0.150. The molecule has 1 heteroatoms. The molecule has 0 saturated heterocycles. The fourth-order valence-electron chi connectivity index (χ4n) is 2.37. The Hall–Kier alpha value is -0.850. The number of unbranched alkanes of at least 4 members (excludes halogenated alkanes) is 1. The molecule has 0 heterocycles. The van der Waals surface area contributed by atoms with Crippen LogP contribution in [0.3, 0.4) is 0 Å². The SMILES string of the molecule is CCCC/C(C)=C1\C=C[C@H](C)C[C@@H]1C(C)=O. The third-order valence-electron chi connectivity index (χ3n) is 3.48. The average molecular weight is 220 g/mol. The molecular formula is C15H24O. The highest BCUT2D eigenvalue weighted by Crippen LogP contribution is 2.31. The van der Waals surface area contributed by atoms with E-state index in [1.54, 1.807) is 6.92 Å². The van der Waals surface area contributed by atoms with Gasteiger partial charge in [-0.3, -0.25) is 4.79 Å². The molecule has 1 nitrogen and oxygen atoms in total. The van der Waals surface area contributed by atoms with Gasteiger partial charge in [-0.05, 0) is 44.6 Å². The molecule has 0 radical (unpaired) electrons. The molecule has 0 aromatic rings. The first kappa shape index (κ1) is 13.2. The van der Waals surface area contributed by atoms with E-state index in [4.69, 9.17) is 0 Å². The summed E-state index contributed by atoms with van der Waals surface area (Å²) in [6.07, 6.45) is 8.99. The van der Waals surface area contributed by atoms with Crippen LogP contribution in [-0.2, 0) is 4.79 Å². The summed E-state index contributed by atoms with van der Waals surface area (Å²) in [6, 6.07) is 0. The summed E-state index contributed by atoms with van der Waals surface area (Å²) >= 11 is 0. The maximum Gasteiger partial charge on any atom is 0.137 e. The van der Waals surface area contributed by atoms with Crippen molar-refractivity contribution >= 4 is 5.78 Å². The highest BCUT2D eigenvalue weighted by Gasteiger charge is 2.24. The Kier molecular flexibility index (Phi) is 4.98. The van der Waals surface area contributed by atoms with E-state index in [2.05, 4.69) is 32.9 Å². The summed E-state index contributed by atoms with van der Waals surface area (Å²) in [5.41, 5.74) is 2.70. The standard InChI is InChI=1S/C15H24O/c1-5-6-7-12(3)14-9-8-11(2)10-15(14)13(4)16/h8-9,11,15H,5-7,10H2,1-4H3/b14-12+/t11-,15+/m0/s1. The lowest BCUT2D eigenvalue weighted by molar-refractivity contribution is -0.120. The summed E-state index contributed by atoms with van der Waals surface area (Å²) < 4.78 is 0. The normalized spacial score (nSPS) is 28.0. The largest absolute Gasteiger partial charge is 0.299 e. The molecule has 1 rings (SSSR count). The summed E-state index contributed by atoms with van der Waals surface area (Å²) in [6.45, 7) is 8.30. The molecule has 0 bridgehead atoms. The van der Waals surface area contributed by atoms with Crippen LogP contribution in [0.4, 0.5) is 0 Å². The summed E-state index contributed by atoms with van der Waals surface area (Å²) in [5.74, 6) is 1.01. The van der Waals surface area contributed by atoms with Crippen molar-refractivity contribution in [3.05, 3.63) is 23.3 Å². The van der Waals surface area contributed by atoms with Crippen molar-refractivity contribution in [1.29, 1.82) is 0 Å². The minimum absolute atomic E-state index is 0.150. The van der Waals surface area contributed by atoms with Gasteiger partial charge in [0.25, 0.3) is 0 Å². The molecule has 0 aromatic heterocycles. The first-order chi connectivity index (χ1) is 7.56. The Morgan fingerprint density at radius 2 is 2.12 bits per heavy atom. The zero-order valence-electron chi connectivity index (χ0n) is 11.0. The van der Waals surface area contributed by atoms with E-state index < -0.39 is 0 Å². The first-order valence-electron chi connectivity index (χ1n) is 6.44. The molecule has 2 atom stereocenters. The fourth-order valence-corrected chi connectivity index (χ4v) is 2.37. The number of ketones is 1. The number of allylic oxidation sites excluding steroid dienone is 4. The second-order valence-corrected chi connectivity index (χ2v) is 5.07. The van der Waals surface area contributed by atoms with Crippen molar-refractivity contribution in [3.8, 4) is 0 Å². The maximum atomic E-state index is 11.7. The molecule has 0 saturated carbocycles. The van der Waals surface area contributed by atoms with Crippen LogP contribution in [0.25, 0.3) is 0 Å². The minimum Gasteiger partial charge on any atom is -0.299 e. The van der Waals surface area contributed by atoms with Crippen LogP contribution in [0.1, 0.15) is 53.4 Å². The van der Waals surface area contributed by atoms with Gasteiger partial charge in [-0.1, -0.05) is 38.0 Å². The lowest BCUT2D eigenvalue weighted by Gasteiger charge is -2.25. The van der Waals surface area contributed by atoms with E-state index in [1.807, 2.05) is 0 Å². The first-order valence-corrected chi connectivity index (χ1v) is 6.44. The van der Waals surface area contributed by atoms with Crippen molar-refractivity contribution in [1.82, 2.24) is 0 Å². The van der Waals surface area contributed by atoms with Gasteiger partial charge in [0.1, 0.15) is 5.78 Å². The van der Waals surface area contributed by atoms with Gasteiger partial charge in [-0.15, -0.1) is 0 Å². The molecule has 0 unspecified atom stereocenters. The molecule has 1 aliphatic rings. The Morgan fingerprint density at radius 1 is 1.44 bits per heavy atom. The third-order valence-corrected chi connectivity index (χ3v) is 3.48. The third kappa shape index (κ3) is 3.33. The summed E-state index contributed by atoms with van der Waals surface area (Å²) in [7, 11) is 0. The highest BCUT2D eigenvalue weighted by molar-refractivity contribution is 5.82. The summed E-state index contributed by atoms with van der Waals surface area (Å²) in [5, 5.41) is 0. The smallest absolute Gasteiger partial charge is 0.137 e. The van der Waals surface area contributed by atoms with E-state index in [0.717, 1.165) is 12.8 Å². The van der Waals surface area contributed by atoms with Crippen LogP contribution in [0.15, 0.2) is 23.3 Å². The van der Waals surface area contributed by atoms with Crippen molar-refractivity contribution in [3.63, 3.8) is 0 Å². The van der Waals surface area contributed by atoms with Crippen LogP contribution < -0.4 is 0 Å². The number of Topliss-reactive ketones (excluding diaryl/α,β-unsaturated/α-hetero) is 1. The zero-order valence-corrected chi connectivity index (χ0v) is 11.0. The van der Waals surface area contributed by atoms with Crippen LogP contribution in [0.2, 0.25) is 0 Å². The van der Waals surface area contributed by atoms with Crippen molar-refractivity contribution in [2.75, 3.05) is 0 Å². The zero-order chi connectivity index (χ0) is 12.1. The number of carbonyl (C=O) groups excluding carboxylic acids is 1. The average Bonchev–Trinajstić information content (AvgIpc) is 2.25. The number of rotatable bonds is 4. The van der Waals surface area contributed by atoms with Crippen LogP contribution in [0.5, 0.6) is 0 Å². The van der Waals surface area contributed by atoms with Gasteiger partial charge in [0.2, 0.25) is 0 Å². The Balaban J connectivity index is 2.89. The van der Waals surface area contributed by atoms with Crippen molar-refractivity contribution in [2.45, 2.75) is 53.4 Å². The Bertz CT molecular complexity index is 309.